The van der Waals surface area contributed by atoms with Gasteiger partial charge in [-0.05, 0) is 12.8 Å². The minimum absolute atomic E-state index is 0.906. The van der Waals surface area contributed by atoms with Gasteiger partial charge in [0.1, 0.15) is 6.10 Å². The molecule has 0 amide bonds. The molecule has 0 aliphatic carbocycles. The Balaban J connectivity index is 2.38. The zero-order valence-electron chi connectivity index (χ0n) is 6.96. The predicted molar refractivity (Wildman–Crippen MR) is 55.6 cm³/mol. The number of aliphatic hydroxyl groups is 1. The van der Waals surface area contributed by atoms with Gasteiger partial charge in [0.15, 0.2) is 0 Å². The van der Waals surface area contributed by atoms with Gasteiger partial charge in [0, 0.05) is 13.1 Å². The van der Waals surface area contributed by atoms with Gasteiger partial charge in [0.2, 0.25) is 3.79 Å². The van der Waals surface area contributed by atoms with Gasteiger partial charge in [-0.2, -0.15) is 5.10 Å². The van der Waals surface area contributed by atoms with Crippen molar-refractivity contribution in [2.24, 2.45) is 5.10 Å². The van der Waals surface area contributed by atoms with Gasteiger partial charge in [0.05, 0.1) is 6.21 Å². The second-order valence-electron chi connectivity index (χ2n) is 2.91. The normalized spacial score (nSPS) is 21.4. The number of hydrazone groups is 1. The molecule has 1 rings (SSSR count). The van der Waals surface area contributed by atoms with Crippen molar-refractivity contribution in [3.63, 3.8) is 0 Å². The highest BCUT2D eigenvalue weighted by molar-refractivity contribution is 6.68. The third kappa shape index (κ3) is 3.90. The summed E-state index contributed by atoms with van der Waals surface area (Å²) >= 11 is 16.3. The molecular formula is C7H11Cl3N2O. The summed E-state index contributed by atoms with van der Waals surface area (Å²) in [5.41, 5.74) is 0. The summed E-state index contributed by atoms with van der Waals surface area (Å²) in [5.74, 6) is 0. The summed E-state index contributed by atoms with van der Waals surface area (Å²) in [6, 6.07) is 0. The van der Waals surface area contributed by atoms with Crippen molar-refractivity contribution in [1.29, 1.82) is 0 Å². The SMILES string of the molecule is OC(/C=N/N1CCCC1)C(Cl)(Cl)Cl. The Labute approximate surface area is 92.3 Å². The molecule has 76 valence electrons. The molecule has 1 saturated heterocycles. The van der Waals surface area contributed by atoms with Crippen LogP contribution in [0.2, 0.25) is 0 Å². The second kappa shape index (κ2) is 4.69. The molecule has 0 saturated carbocycles. The van der Waals surface area contributed by atoms with Gasteiger partial charge in [-0.15, -0.1) is 0 Å². The Morgan fingerprint density at radius 1 is 1.31 bits per heavy atom. The molecule has 3 nitrogen and oxygen atoms in total. The van der Waals surface area contributed by atoms with Crippen molar-refractivity contribution < 1.29 is 5.11 Å². The molecule has 0 spiro atoms. The van der Waals surface area contributed by atoms with Gasteiger partial charge in [-0.1, -0.05) is 34.8 Å². The van der Waals surface area contributed by atoms with E-state index >= 15 is 0 Å². The number of hydrogen-bond acceptors (Lipinski definition) is 3. The summed E-state index contributed by atoms with van der Waals surface area (Å²) in [4.78, 5) is 0. The van der Waals surface area contributed by atoms with Gasteiger partial charge < -0.3 is 5.11 Å². The number of aliphatic hydroxyl groups excluding tert-OH is 1. The standard InChI is InChI=1S/C7H11Cl3N2O/c8-7(9,10)6(13)5-11-12-3-1-2-4-12/h5-6,13H,1-4H2/b11-5+. The van der Waals surface area contributed by atoms with E-state index in [4.69, 9.17) is 34.8 Å². The monoisotopic (exact) mass is 244 g/mol. The fourth-order valence-electron chi connectivity index (χ4n) is 1.06. The highest BCUT2D eigenvalue weighted by Gasteiger charge is 2.29. The van der Waals surface area contributed by atoms with Crippen LogP contribution in [0.3, 0.4) is 0 Å². The Morgan fingerprint density at radius 2 is 1.85 bits per heavy atom. The summed E-state index contributed by atoms with van der Waals surface area (Å²) in [5, 5.41) is 15.1. The van der Waals surface area contributed by atoms with Crippen LogP contribution in [0.4, 0.5) is 0 Å². The van der Waals surface area contributed by atoms with E-state index in [0.29, 0.717) is 0 Å². The fourth-order valence-corrected chi connectivity index (χ4v) is 1.23. The number of alkyl halides is 3. The molecule has 1 atom stereocenters. The van der Waals surface area contributed by atoms with Crippen LogP contribution in [0, 0.1) is 0 Å². The largest absolute Gasteiger partial charge is 0.383 e. The van der Waals surface area contributed by atoms with Crippen LogP contribution in [-0.4, -0.2) is 39.3 Å². The zero-order valence-corrected chi connectivity index (χ0v) is 9.23. The van der Waals surface area contributed by atoms with Gasteiger partial charge in [-0.3, -0.25) is 5.01 Å². The van der Waals surface area contributed by atoms with E-state index in [-0.39, 0.29) is 0 Å². The molecule has 1 aliphatic rings. The topological polar surface area (TPSA) is 35.8 Å². The fraction of sp³-hybridized carbons (Fsp3) is 0.857. The van der Waals surface area contributed by atoms with Crippen LogP contribution in [0.25, 0.3) is 0 Å². The van der Waals surface area contributed by atoms with Crippen molar-refractivity contribution in [3.05, 3.63) is 0 Å². The quantitative estimate of drug-likeness (QED) is 0.595. The summed E-state index contributed by atoms with van der Waals surface area (Å²) in [7, 11) is 0. The van der Waals surface area contributed by atoms with Crippen LogP contribution < -0.4 is 0 Å². The lowest BCUT2D eigenvalue weighted by molar-refractivity contribution is 0.246. The zero-order chi connectivity index (χ0) is 9.90. The molecule has 1 unspecified atom stereocenters. The van der Waals surface area contributed by atoms with Crippen LogP contribution in [0.1, 0.15) is 12.8 Å². The molecule has 1 N–H and O–H groups in total. The molecule has 0 radical (unpaired) electrons. The summed E-state index contributed by atoms with van der Waals surface area (Å²) in [6.07, 6.45) is 2.36. The number of rotatable bonds is 2. The lowest BCUT2D eigenvalue weighted by atomic mass is 10.4. The smallest absolute Gasteiger partial charge is 0.221 e. The Hall–Kier alpha value is 0.300. The third-order valence-corrected chi connectivity index (χ3v) is 2.46. The number of hydrogen-bond donors (Lipinski definition) is 1. The maximum absolute atomic E-state index is 9.27. The van der Waals surface area contributed by atoms with Gasteiger partial charge in [-0.25, -0.2) is 0 Å². The molecular weight excluding hydrogens is 234 g/mol. The van der Waals surface area contributed by atoms with E-state index < -0.39 is 9.90 Å². The lowest BCUT2D eigenvalue weighted by Crippen LogP contribution is -2.28. The molecule has 1 aliphatic heterocycles. The van der Waals surface area contributed by atoms with Crippen molar-refractivity contribution in [2.75, 3.05) is 13.1 Å². The Bertz CT molecular complexity index is 187. The molecule has 0 aromatic rings. The first-order valence-corrected chi connectivity index (χ1v) is 5.17. The van der Waals surface area contributed by atoms with Gasteiger partial charge >= 0.3 is 0 Å². The van der Waals surface area contributed by atoms with E-state index in [1.165, 1.54) is 6.21 Å². The number of nitrogens with zero attached hydrogens (tertiary/aromatic N) is 2. The first kappa shape index (κ1) is 11.4. The van der Waals surface area contributed by atoms with Crippen LogP contribution in [0.5, 0.6) is 0 Å². The molecule has 13 heavy (non-hydrogen) atoms. The third-order valence-electron chi connectivity index (χ3n) is 1.79. The average Bonchev–Trinajstić information content (AvgIpc) is 2.50. The first-order chi connectivity index (χ1) is 6.00. The van der Waals surface area contributed by atoms with Crippen LogP contribution >= 0.6 is 34.8 Å². The molecule has 6 heteroatoms. The van der Waals surface area contributed by atoms with E-state index in [1.807, 2.05) is 5.01 Å². The number of halogens is 3. The predicted octanol–water partition coefficient (Wildman–Crippen LogP) is 1.80. The molecule has 1 heterocycles. The first-order valence-electron chi connectivity index (χ1n) is 4.04. The van der Waals surface area contributed by atoms with Crippen molar-refractivity contribution >= 4 is 41.0 Å². The van der Waals surface area contributed by atoms with Crippen molar-refractivity contribution in [1.82, 2.24) is 5.01 Å². The van der Waals surface area contributed by atoms with E-state index in [9.17, 15) is 5.11 Å². The van der Waals surface area contributed by atoms with Gasteiger partial charge in [0.25, 0.3) is 0 Å². The minimum atomic E-state index is -1.69. The highest BCUT2D eigenvalue weighted by Crippen LogP contribution is 2.29. The Kier molecular flexibility index (Phi) is 4.10. The van der Waals surface area contributed by atoms with E-state index in [0.717, 1.165) is 25.9 Å². The molecule has 0 aromatic carbocycles. The lowest BCUT2D eigenvalue weighted by Gasteiger charge is -2.16. The van der Waals surface area contributed by atoms with Crippen molar-refractivity contribution in [2.45, 2.75) is 22.7 Å². The maximum Gasteiger partial charge on any atom is 0.221 e. The average molecular weight is 246 g/mol. The summed E-state index contributed by atoms with van der Waals surface area (Å²) in [6.45, 7) is 1.81. The maximum atomic E-state index is 9.27. The van der Waals surface area contributed by atoms with E-state index in [2.05, 4.69) is 5.10 Å². The second-order valence-corrected chi connectivity index (χ2v) is 5.28. The molecule has 0 bridgehead atoms. The van der Waals surface area contributed by atoms with E-state index in [1.54, 1.807) is 0 Å². The van der Waals surface area contributed by atoms with Crippen LogP contribution in [0.15, 0.2) is 5.10 Å². The highest BCUT2D eigenvalue weighted by atomic mass is 35.6. The van der Waals surface area contributed by atoms with Crippen LogP contribution in [-0.2, 0) is 0 Å². The van der Waals surface area contributed by atoms with Crippen molar-refractivity contribution in [3.8, 4) is 0 Å². The summed E-state index contributed by atoms with van der Waals surface area (Å²) < 4.78 is -1.69. The molecule has 0 aromatic heterocycles. The minimum Gasteiger partial charge on any atom is -0.383 e. The molecule has 1 fully saturated rings. The Morgan fingerprint density at radius 3 is 2.31 bits per heavy atom.